The fourth-order valence-electron chi connectivity index (χ4n) is 9.45. The summed E-state index contributed by atoms with van der Waals surface area (Å²) >= 11 is 0. The minimum absolute atomic E-state index is 0.0259. The third kappa shape index (κ3) is 21.8. The summed E-state index contributed by atoms with van der Waals surface area (Å²) in [6.07, 6.45) is 4.67. The van der Waals surface area contributed by atoms with E-state index in [-0.39, 0.29) is 37.5 Å². The van der Waals surface area contributed by atoms with Gasteiger partial charge in [-0.3, -0.25) is 52.7 Å². The number of nitrogens with one attached hydrogen (secondary N) is 4. The molecule has 0 bridgehead atoms. The molecule has 1 heterocycles. The topological polar surface area (TPSA) is 305 Å². The summed E-state index contributed by atoms with van der Waals surface area (Å²) in [7, 11) is 9.66. The molecule has 79 heavy (non-hydrogen) atoms. The Morgan fingerprint density at radius 1 is 0.582 bits per heavy atom. The van der Waals surface area contributed by atoms with E-state index >= 15 is 0 Å². The van der Waals surface area contributed by atoms with Gasteiger partial charge in [-0.1, -0.05) is 80.4 Å². The van der Waals surface area contributed by atoms with Crippen molar-refractivity contribution in [2.75, 3.05) is 82.1 Å². The Morgan fingerprint density at radius 3 is 1.61 bits per heavy atom. The molecule has 0 aromatic heterocycles. The van der Waals surface area contributed by atoms with E-state index in [4.69, 9.17) is 5.73 Å². The number of nitrogens with zero attached hydrogens (tertiary/aromatic N) is 7. The predicted molar refractivity (Wildman–Crippen MR) is 300 cm³/mol. The highest BCUT2D eigenvalue weighted by Gasteiger charge is 2.45. The standard InChI is InChI=1S/C55H98N12O12/c1-18-20-24-36(9)48(72)47-49(73)60-38(19-2)51(75)63(13)32-45(71)61(11)31-44(70)59-39(25-22-21-23-26-56)52(76)62(12)30-43(69)57-29-42(68)58-37(10)50(74)64(14)40(27-33(3)4)53(77)65(15)41(28-34(5)6)54(78)66(16)46(35(7)8)55(79)67(47)17/h18,20,33-41,46-48,72H,19,21-32,56H2,1-17H3,(H,57,69)(H,58,68)(H,59,70)(H,60,73)/b20-18+/t36-,37-,38+,39+,40+,41+,46+,47+,48-/m1/s1. The van der Waals surface area contributed by atoms with Crippen LogP contribution < -0.4 is 27.0 Å². The van der Waals surface area contributed by atoms with Crippen LogP contribution in [0.15, 0.2) is 12.2 Å². The molecule has 24 nitrogen and oxygen atoms in total. The van der Waals surface area contributed by atoms with E-state index in [1.165, 1.54) is 71.0 Å². The van der Waals surface area contributed by atoms with Crippen molar-refractivity contribution in [1.82, 2.24) is 55.6 Å². The Hall–Kier alpha value is -6.17. The highest BCUT2D eigenvalue weighted by atomic mass is 16.3. The largest absolute Gasteiger partial charge is 0.390 e. The number of hydrogen-bond acceptors (Lipinski definition) is 13. The predicted octanol–water partition coefficient (Wildman–Crippen LogP) is -0.0858. The minimum atomic E-state index is -1.60. The number of rotatable bonds is 15. The molecule has 0 spiro atoms. The van der Waals surface area contributed by atoms with Crippen molar-refractivity contribution >= 4 is 65.0 Å². The average Bonchev–Trinajstić information content (AvgIpc) is 3.38. The smallest absolute Gasteiger partial charge is 0.246 e. The fraction of sp³-hybridized carbons (Fsp3) is 0.764. The molecular weight excluding hydrogens is 1020 g/mol. The Kier molecular flexibility index (Phi) is 30.6. The van der Waals surface area contributed by atoms with Crippen LogP contribution >= 0.6 is 0 Å². The highest BCUT2D eigenvalue weighted by molar-refractivity contribution is 5.98. The van der Waals surface area contributed by atoms with Crippen LogP contribution in [0.2, 0.25) is 0 Å². The Bertz CT molecular complexity index is 2120. The van der Waals surface area contributed by atoms with Gasteiger partial charge < -0.3 is 66.4 Å². The van der Waals surface area contributed by atoms with E-state index in [1.807, 2.05) is 27.7 Å². The summed E-state index contributed by atoms with van der Waals surface area (Å²) in [5, 5.41) is 22.3. The summed E-state index contributed by atoms with van der Waals surface area (Å²) in [4.78, 5) is 163. The Labute approximate surface area is 469 Å². The van der Waals surface area contributed by atoms with Crippen molar-refractivity contribution in [3.05, 3.63) is 12.2 Å². The van der Waals surface area contributed by atoms with Gasteiger partial charge in [0.1, 0.15) is 42.3 Å². The number of hydrogen-bond donors (Lipinski definition) is 6. The quantitative estimate of drug-likeness (QED) is 0.0925. The number of carbonyl (C=O) groups is 11. The van der Waals surface area contributed by atoms with E-state index in [0.29, 0.717) is 32.2 Å². The second-order valence-electron chi connectivity index (χ2n) is 22.4. The number of likely N-dealkylation sites (N-methyl/N-ethyl adjacent to an activating group) is 7. The molecule has 0 radical (unpaired) electrons. The molecule has 450 valence electrons. The van der Waals surface area contributed by atoms with Gasteiger partial charge in [0.2, 0.25) is 65.0 Å². The van der Waals surface area contributed by atoms with E-state index in [1.54, 1.807) is 46.8 Å². The monoisotopic (exact) mass is 1120 g/mol. The molecule has 1 rings (SSSR count). The lowest BCUT2D eigenvalue weighted by atomic mass is 9.91. The first kappa shape index (κ1) is 70.8. The molecule has 11 amide bonds. The molecule has 24 heteroatoms. The normalized spacial score (nSPS) is 25.0. The van der Waals surface area contributed by atoms with Crippen LogP contribution in [-0.4, -0.2) is 235 Å². The lowest BCUT2D eigenvalue weighted by Crippen LogP contribution is -2.63. The minimum Gasteiger partial charge on any atom is -0.390 e. The molecule has 0 unspecified atom stereocenters. The first-order valence-corrected chi connectivity index (χ1v) is 27.7. The summed E-state index contributed by atoms with van der Waals surface area (Å²) in [6.45, 7) is 15.7. The van der Waals surface area contributed by atoms with Crippen LogP contribution in [0, 0.1) is 23.7 Å². The fourth-order valence-corrected chi connectivity index (χ4v) is 9.45. The first-order valence-electron chi connectivity index (χ1n) is 27.7. The van der Waals surface area contributed by atoms with E-state index in [2.05, 4.69) is 21.3 Å². The molecule has 0 aromatic carbocycles. The van der Waals surface area contributed by atoms with Crippen molar-refractivity contribution < 1.29 is 57.8 Å². The average molecular weight is 1120 g/mol. The van der Waals surface area contributed by atoms with Gasteiger partial charge >= 0.3 is 0 Å². The maximum Gasteiger partial charge on any atom is 0.246 e. The van der Waals surface area contributed by atoms with Crippen LogP contribution in [0.25, 0.3) is 0 Å². The van der Waals surface area contributed by atoms with Gasteiger partial charge in [-0.25, -0.2) is 0 Å². The summed E-state index contributed by atoms with van der Waals surface area (Å²) < 4.78 is 0. The van der Waals surface area contributed by atoms with Gasteiger partial charge in [-0.15, -0.1) is 0 Å². The van der Waals surface area contributed by atoms with Gasteiger partial charge in [0.25, 0.3) is 0 Å². The number of carbonyl (C=O) groups excluding carboxylic acids is 11. The number of aliphatic hydroxyl groups is 1. The lowest BCUT2D eigenvalue weighted by molar-refractivity contribution is -0.157. The van der Waals surface area contributed by atoms with E-state index in [9.17, 15) is 57.8 Å². The van der Waals surface area contributed by atoms with Crippen LogP contribution in [0.1, 0.15) is 121 Å². The molecule has 0 saturated carbocycles. The number of unbranched alkanes of at least 4 members (excludes halogenated alkanes) is 2. The van der Waals surface area contributed by atoms with E-state index in [0.717, 1.165) is 19.6 Å². The van der Waals surface area contributed by atoms with E-state index < -0.39 is 151 Å². The van der Waals surface area contributed by atoms with Crippen LogP contribution in [0.4, 0.5) is 0 Å². The number of aliphatic hydroxyl groups excluding tert-OH is 1. The van der Waals surface area contributed by atoms with Crippen LogP contribution in [0.3, 0.4) is 0 Å². The zero-order valence-electron chi connectivity index (χ0n) is 50.4. The van der Waals surface area contributed by atoms with Crippen molar-refractivity contribution in [2.24, 2.45) is 29.4 Å². The molecular formula is C55H98N12O12. The lowest BCUT2D eigenvalue weighted by Gasteiger charge is -2.41. The Balaban J connectivity index is 4.04. The van der Waals surface area contributed by atoms with Crippen molar-refractivity contribution in [3.63, 3.8) is 0 Å². The number of amides is 11. The molecule has 7 N–H and O–H groups in total. The zero-order valence-corrected chi connectivity index (χ0v) is 50.4. The first-order chi connectivity index (χ1) is 36.8. The third-order valence-corrected chi connectivity index (χ3v) is 14.3. The molecule has 1 fully saturated rings. The highest BCUT2D eigenvalue weighted by Crippen LogP contribution is 2.25. The molecule has 0 aromatic rings. The second-order valence-corrected chi connectivity index (χ2v) is 22.4. The second kappa shape index (κ2) is 34.1. The van der Waals surface area contributed by atoms with Gasteiger partial charge in [0, 0.05) is 49.3 Å². The molecule has 9 atom stereocenters. The molecule has 0 aliphatic carbocycles. The maximum atomic E-state index is 15.0. The number of allylic oxidation sites excluding steroid dienone is 2. The summed E-state index contributed by atoms with van der Waals surface area (Å²) in [5.74, 6) is -9.08. The van der Waals surface area contributed by atoms with Crippen molar-refractivity contribution in [3.8, 4) is 0 Å². The van der Waals surface area contributed by atoms with Crippen molar-refractivity contribution in [2.45, 2.75) is 169 Å². The SMILES string of the molecule is C/C=C/C[C@@H](C)[C@@H](O)[C@H]1C(=O)N[C@@H](CC)C(=O)N(C)CC(=O)N(C)CC(=O)N[C@@H](CCCCCN)C(=O)N(C)CC(=O)NCC(=O)N[C@H](C)C(=O)N(C)[C@@H](CC(C)C)C(=O)N(C)[C@@H](CC(C)C)C(=O)N(C)[C@@H](C(C)C)C(=O)N1C. The zero-order chi connectivity index (χ0) is 60.8. The van der Waals surface area contributed by atoms with Gasteiger partial charge in [0.05, 0.1) is 32.3 Å². The van der Waals surface area contributed by atoms with Crippen LogP contribution in [-0.2, 0) is 52.7 Å². The van der Waals surface area contributed by atoms with Crippen LogP contribution in [0.5, 0.6) is 0 Å². The van der Waals surface area contributed by atoms with Gasteiger partial charge in [0.15, 0.2) is 0 Å². The van der Waals surface area contributed by atoms with Gasteiger partial charge in [-0.2, -0.15) is 0 Å². The molecule has 1 aliphatic rings. The summed E-state index contributed by atoms with van der Waals surface area (Å²) in [5.41, 5.74) is 5.67. The Morgan fingerprint density at radius 2 is 1.09 bits per heavy atom. The summed E-state index contributed by atoms with van der Waals surface area (Å²) in [6, 6.07) is -8.70. The maximum absolute atomic E-state index is 15.0. The molecule has 1 saturated heterocycles. The number of nitrogens with two attached hydrogens (primary N) is 1. The van der Waals surface area contributed by atoms with Crippen molar-refractivity contribution in [1.29, 1.82) is 0 Å². The van der Waals surface area contributed by atoms with Gasteiger partial charge in [-0.05, 0) is 82.6 Å². The molecule has 1 aliphatic heterocycles. The third-order valence-electron chi connectivity index (χ3n) is 14.3.